The van der Waals surface area contributed by atoms with Gasteiger partial charge in [0.25, 0.3) is 0 Å². The molecule has 0 saturated heterocycles. The molecule has 1 N–H and O–H groups in total. The highest BCUT2D eigenvalue weighted by Crippen LogP contribution is 2.25. The highest BCUT2D eigenvalue weighted by molar-refractivity contribution is 5.79. The normalized spacial score (nSPS) is 11.1. The number of nitrogens with one attached hydrogen (secondary N) is 1. The topological polar surface area (TPSA) is 55.3 Å². The molecule has 27 heavy (non-hydrogen) atoms. The van der Waals surface area contributed by atoms with Crippen LogP contribution in [0.25, 0.3) is 0 Å². The van der Waals surface area contributed by atoms with Crippen LogP contribution in [-0.4, -0.2) is 52.8 Å². The van der Waals surface area contributed by atoms with Crippen LogP contribution in [0.15, 0.2) is 47.5 Å². The van der Waals surface area contributed by atoms with Crippen molar-refractivity contribution < 1.29 is 14.2 Å². The average molecular weight is 371 g/mol. The first-order valence-electron chi connectivity index (χ1n) is 8.87. The molecule has 146 valence electrons. The summed E-state index contributed by atoms with van der Waals surface area (Å²) >= 11 is 0. The highest BCUT2D eigenvalue weighted by atomic mass is 16.5. The molecule has 0 fully saturated rings. The van der Waals surface area contributed by atoms with E-state index in [-0.39, 0.29) is 0 Å². The average Bonchev–Trinajstić information content (AvgIpc) is 2.71. The van der Waals surface area contributed by atoms with Crippen LogP contribution in [0.5, 0.6) is 17.2 Å². The van der Waals surface area contributed by atoms with Gasteiger partial charge in [-0.05, 0) is 36.2 Å². The monoisotopic (exact) mass is 371 g/mol. The summed E-state index contributed by atoms with van der Waals surface area (Å²) in [4.78, 5) is 6.45. The van der Waals surface area contributed by atoms with Gasteiger partial charge >= 0.3 is 0 Å². The number of aliphatic imine (C=N–C) groups is 1. The van der Waals surface area contributed by atoms with Crippen molar-refractivity contribution in [1.82, 2.24) is 10.2 Å². The van der Waals surface area contributed by atoms with Gasteiger partial charge in [-0.3, -0.25) is 4.99 Å². The van der Waals surface area contributed by atoms with Gasteiger partial charge in [0.15, 0.2) is 5.96 Å². The summed E-state index contributed by atoms with van der Waals surface area (Å²) in [6.07, 6.45) is 0.905. The van der Waals surface area contributed by atoms with Crippen molar-refractivity contribution in [2.24, 2.45) is 4.99 Å². The van der Waals surface area contributed by atoms with E-state index >= 15 is 0 Å². The Morgan fingerprint density at radius 3 is 2.22 bits per heavy atom. The van der Waals surface area contributed by atoms with E-state index in [1.165, 1.54) is 5.56 Å². The van der Waals surface area contributed by atoms with Crippen molar-refractivity contribution in [3.8, 4) is 17.2 Å². The van der Waals surface area contributed by atoms with Crippen LogP contribution in [0.1, 0.15) is 11.1 Å². The second-order valence-corrected chi connectivity index (χ2v) is 6.11. The third-order valence-corrected chi connectivity index (χ3v) is 4.33. The van der Waals surface area contributed by atoms with E-state index in [4.69, 9.17) is 14.2 Å². The Balaban J connectivity index is 1.92. The first kappa shape index (κ1) is 20.4. The van der Waals surface area contributed by atoms with Gasteiger partial charge in [-0.2, -0.15) is 0 Å². The molecule has 2 rings (SSSR count). The fraction of sp³-hybridized carbons (Fsp3) is 0.381. The summed E-state index contributed by atoms with van der Waals surface area (Å²) in [7, 11) is 8.79. The number of methoxy groups -OCH3 is 3. The van der Waals surface area contributed by atoms with Crippen LogP contribution >= 0.6 is 0 Å². The summed E-state index contributed by atoms with van der Waals surface area (Å²) in [6, 6.07) is 14.0. The fourth-order valence-electron chi connectivity index (χ4n) is 2.81. The minimum Gasteiger partial charge on any atom is -0.497 e. The quantitative estimate of drug-likeness (QED) is 0.571. The summed E-state index contributed by atoms with van der Waals surface area (Å²) < 4.78 is 15.9. The molecule has 2 aromatic carbocycles. The summed E-state index contributed by atoms with van der Waals surface area (Å²) in [5.74, 6) is 3.28. The molecule has 0 bridgehead atoms. The number of benzene rings is 2. The Bertz CT molecular complexity index is 745. The van der Waals surface area contributed by atoms with Crippen LogP contribution in [0.3, 0.4) is 0 Å². The number of rotatable bonds is 8. The van der Waals surface area contributed by atoms with Gasteiger partial charge < -0.3 is 24.4 Å². The maximum atomic E-state index is 5.48. The molecular weight excluding hydrogens is 342 g/mol. The van der Waals surface area contributed by atoms with E-state index in [9.17, 15) is 0 Å². The van der Waals surface area contributed by atoms with Crippen LogP contribution in [0, 0.1) is 0 Å². The standard InChI is InChI=1S/C21H29N3O3/c1-22-21(23-13-12-16-6-9-18(25-3)10-7-16)24(2)15-17-8-11-19(26-4)14-20(17)27-5/h6-11,14H,12-13,15H2,1-5H3,(H,22,23). The zero-order valence-electron chi connectivity index (χ0n) is 16.8. The molecule has 0 aromatic heterocycles. The maximum absolute atomic E-state index is 5.48. The van der Waals surface area contributed by atoms with Gasteiger partial charge in [-0.1, -0.05) is 12.1 Å². The van der Waals surface area contributed by atoms with Gasteiger partial charge in [0.1, 0.15) is 17.2 Å². The zero-order valence-corrected chi connectivity index (χ0v) is 16.8. The summed E-state index contributed by atoms with van der Waals surface area (Å²) in [5.41, 5.74) is 2.32. The molecule has 0 spiro atoms. The Morgan fingerprint density at radius 2 is 1.63 bits per heavy atom. The second-order valence-electron chi connectivity index (χ2n) is 6.11. The van der Waals surface area contributed by atoms with Crippen molar-refractivity contribution >= 4 is 5.96 Å². The first-order chi connectivity index (χ1) is 13.1. The number of hydrogen-bond donors (Lipinski definition) is 1. The SMILES string of the molecule is CN=C(NCCc1ccc(OC)cc1)N(C)Cc1ccc(OC)cc1OC. The first-order valence-corrected chi connectivity index (χ1v) is 8.87. The van der Waals surface area contributed by atoms with Crippen molar-refractivity contribution in [3.63, 3.8) is 0 Å². The molecule has 0 atom stereocenters. The molecule has 0 aliphatic rings. The Labute approximate surface area is 161 Å². The van der Waals surface area contributed by atoms with Crippen molar-refractivity contribution in [3.05, 3.63) is 53.6 Å². The van der Waals surface area contributed by atoms with Gasteiger partial charge in [0.2, 0.25) is 0 Å². The molecule has 6 nitrogen and oxygen atoms in total. The summed E-state index contributed by atoms with van der Waals surface area (Å²) in [6.45, 7) is 1.47. The lowest BCUT2D eigenvalue weighted by Crippen LogP contribution is -2.39. The van der Waals surface area contributed by atoms with E-state index < -0.39 is 0 Å². The maximum Gasteiger partial charge on any atom is 0.193 e. The lowest BCUT2D eigenvalue weighted by atomic mass is 10.1. The Morgan fingerprint density at radius 1 is 0.963 bits per heavy atom. The highest BCUT2D eigenvalue weighted by Gasteiger charge is 2.11. The van der Waals surface area contributed by atoms with E-state index in [0.717, 1.165) is 41.7 Å². The Kier molecular flexibility index (Phi) is 7.79. The lowest BCUT2D eigenvalue weighted by Gasteiger charge is -2.23. The number of ether oxygens (including phenoxy) is 3. The molecule has 0 unspecified atom stereocenters. The molecule has 0 amide bonds. The minimum absolute atomic E-state index is 0.676. The summed E-state index contributed by atoms with van der Waals surface area (Å²) in [5, 5.41) is 3.41. The van der Waals surface area contributed by atoms with E-state index in [1.807, 2.05) is 37.4 Å². The number of hydrogen-bond acceptors (Lipinski definition) is 4. The third-order valence-electron chi connectivity index (χ3n) is 4.33. The van der Waals surface area contributed by atoms with Crippen LogP contribution in [0.4, 0.5) is 0 Å². The molecule has 0 radical (unpaired) electrons. The predicted octanol–water partition coefficient (Wildman–Crippen LogP) is 2.96. The molecule has 0 aliphatic heterocycles. The molecule has 2 aromatic rings. The molecule has 6 heteroatoms. The van der Waals surface area contributed by atoms with Gasteiger partial charge in [0, 0.05) is 38.8 Å². The zero-order chi connectivity index (χ0) is 19.6. The molecule has 0 aliphatic carbocycles. The van der Waals surface area contributed by atoms with Gasteiger partial charge in [-0.15, -0.1) is 0 Å². The van der Waals surface area contributed by atoms with Crippen LogP contribution < -0.4 is 19.5 Å². The lowest BCUT2D eigenvalue weighted by molar-refractivity contribution is 0.382. The van der Waals surface area contributed by atoms with Crippen LogP contribution in [-0.2, 0) is 13.0 Å². The second kappa shape index (κ2) is 10.3. The predicted molar refractivity (Wildman–Crippen MR) is 109 cm³/mol. The molecule has 0 heterocycles. The minimum atomic E-state index is 0.676. The Hall–Kier alpha value is -2.89. The van der Waals surface area contributed by atoms with Crippen molar-refractivity contribution in [1.29, 1.82) is 0 Å². The van der Waals surface area contributed by atoms with E-state index in [0.29, 0.717) is 6.54 Å². The van der Waals surface area contributed by atoms with E-state index in [1.54, 1.807) is 28.4 Å². The van der Waals surface area contributed by atoms with Crippen LogP contribution in [0.2, 0.25) is 0 Å². The third kappa shape index (κ3) is 5.81. The van der Waals surface area contributed by atoms with Gasteiger partial charge in [0.05, 0.1) is 21.3 Å². The largest absolute Gasteiger partial charge is 0.497 e. The van der Waals surface area contributed by atoms with E-state index in [2.05, 4.69) is 27.3 Å². The smallest absolute Gasteiger partial charge is 0.193 e. The number of guanidine groups is 1. The van der Waals surface area contributed by atoms with Gasteiger partial charge in [-0.25, -0.2) is 0 Å². The molecule has 0 saturated carbocycles. The number of nitrogens with zero attached hydrogens (tertiary/aromatic N) is 2. The van der Waals surface area contributed by atoms with Crippen molar-refractivity contribution in [2.75, 3.05) is 42.0 Å². The fourth-order valence-corrected chi connectivity index (χ4v) is 2.81. The molecular formula is C21H29N3O3. The van der Waals surface area contributed by atoms with Crippen molar-refractivity contribution in [2.45, 2.75) is 13.0 Å².